The van der Waals surface area contributed by atoms with Crippen LogP contribution in [-0.2, 0) is 11.8 Å². The van der Waals surface area contributed by atoms with Gasteiger partial charge in [0.15, 0.2) is 0 Å². The Labute approximate surface area is 114 Å². The molecule has 1 N–H and O–H groups in total. The number of anilines is 1. The van der Waals surface area contributed by atoms with Crippen molar-refractivity contribution >= 4 is 11.6 Å². The summed E-state index contributed by atoms with van der Waals surface area (Å²) in [6.07, 6.45) is 0. The van der Waals surface area contributed by atoms with Crippen LogP contribution in [0.4, 0.5) is 5.69 Å². The van der Waals surface area contributed by atoms with Crippen molar-refractivity contribution < 1.29 is 4.79 Å². The predicted molar refractivity (Wildman–Crippen MR) is 75.2 cm³/mol. The van der Waals surface area contributed by atoms with Crippen molar-refractivity contribution in [2.75, 3.05) is 45.1 Å². The number of aromatic nitrogens is 2. The molecule has 0 saturated carbocycles. The van der Waals surface area contributed by atoms with Gasteiger partial charge in [0.2, 0.25) is 5.91 Å². The van der Waals surface area contributed by atoms with Gasteiger partial charge in [0.1, 0.15) is 0 Å². The largest absolute Gasteiger partial charge is 0.322 e. The molecule has 1 aliphatic heterocycles. The summed E-state index contributed by atoms with van der Waals surface area (Å²) >= 11 is 0. The van der Waals surface area contributed by atoms with Gasteiger partial charge in [-0.3, -0.25) is 14.4 Å². The van der Waals surface area contributed by atoms with E-state index >= 15 is 0 Å². The summed E-state index contributed by atoms with van der Waals surface area (Å²) in [4.78, 5) is 16.5. The summed E-state index contributed by atoms with van der Waals surface area (Å²) < 4.78 is 1.79. The monoisotopic (exact) mass is 265 g/mol. The number of hydrogen-bond acceptors (Lipinski definition) is 4. The summed E-state index contributed by atoms with van der Waals surface area (Å²) in [6, 6.07) is 0. The number of nitrogens with one attached hydrogen (secondary N) is 1. The maximum absolute atomic E-state index is 12.1. The van der Waals surface area contributed by atoms with Crippen LogP contribution in [0.25, 0.3) is 0 Å². The molecule has 1 saturated heterocycles. The van der Waals surface area contributed by atoms with Crippen molar-refractivity contribution in [3.05, 3.63) is 11.4 Å². The molecule has 0 aromatic carbocycles. The fourth-order valence-corrected chi connectivity index (χ4v) is 2.34. The Balaban J connectivity index is 1.91. The van der Waals surface area contributed by atoms with E-state index in [1.165, 1.54) is 0 Å². The minimum atomic E-state index is 0.0451. The standard InChI is InChI=1S/C13H23N5O/c1-10-13(11(2)17(4)15-10)14-12(19)9-18-7-5-16(3)6-8-18/h5-9H2,1-4H3,(H,14,19). The van der Waals surface area contributed by atoms with Crippen LogP contribution in [0, 0.1) is 13.8 Å². The Morgan fingerprint density at radius 3 is 2.37 bits per heavy atom. The first-order valence-corrected chi connectivity index (χ1v) is 6.68. The summed E-state index contributed by atoms with van der Waals surface area (Å²) in [5.74, 6) is 0.0451. The van der Waals surface area contributed by atoms with Crippen LogP contribution in [0.1, 0.15) is 11.4 Å². The zero-order valence-corrected chi connectivity index (χ0v) is 12.2. The van der Waals surface area contributed by atoms with E-state index in [0.29, 0.717) is 6.54 Å². The van der Waals surface area contributed by atoms with Crippen LogP contribution in [0.3, 0.4) is 0 Å². The predicted octanol–water partition coefficient (Wildman–Crippen LogP) is 0.223. The van der Waals surface area contributed by atoms with Crippen molar-refractivity contribution in [3.8, 4) is 0 Å². The zero-order chi connectivity index (χ0) is 14.0. The molecule has 0 bridgehead atoms. The van der Waals surface area contributed by atoms with Crippen molar-refractivity contribution in [1.29, 1.82) is 0 Å². The minimum absolute atomic E-state index is 0.0451. The number of piperazine rings is 1. The highest BCUT2D eigenvalue weighted by atomic mass is 16.2. The molecule has 0 atom stereocenters. The van der Waals surface area contributed by atoms with Crippen molar-refractivity contribution in [2.24, 2.45) is 7.05 Å². The van der Waals surface area contributed by atoms with Gasteiger partial charge >= 0.3 is 0 Å². The molecular formula is C13H23N5O. The third-order valence-corrected chi connectivity index (χ3v) is 3.74. The molecule has 19 heavy (non-hydrogen) atoms. The molecule has 1 aliphatic rings. The van der Waals surface area contributed by atoms with Crippen LogP contribution < -0.4 is 5.32 Å². The molecule has 0 unspecified atom stereocenters. The van der Waals surface area contributed by atoms with Gasteiger partial charge in [-0.1, -0.05) is 0 Å². The number of carbonyl (C=O) groups excluding carboxylic acids is 1. The quantitative estimate of drug-likeness (QED) is 0.849. The summed E-state index contributed by atoms with van der Waals surface area (Å²) in [5, 5.41) is 7.28. The molecule has 0 spiro atoms. The smallest absolute Gasteiger partial charge is 0.238 e. The molecule has 106 valence electrons. The van der Waals surface area contributed by atoms with Gasteiger partial charge < -0.3 is 10.2 Å². The summed E-state index contributed by atoms with van der Waals surface area (Å²) in [7, 11) is 4.00. The Morgan fingerprint density at radius 2 is 1.84 bits per heavy atom. The average Bonchev–Trinajstić information content (AvgIpc) is 2.59. The van der Waals surface area contributed by atoms with E-state index in [9.17, 15) is 4.79 Å². The number of nitrogens with zero attached hydrogens (tertiary/aromatic N) is 4. The second kappa shape index (κ2) is 5.71. The van der Waals surface area contributed by atoms with E-state index in [0.717, 1.165) is 43.3 Å². The van der Waals surface area contributed by atoms with E-state index < -0.39 is 0 Å². The van der Waals surface area contributed by atoms with Crippen LogP contribution in [0.5, 0.6) is 0 Å². The fourth-order valence-electron chi connectivity index (χ4n) is 2.34. The van der Waals surface area contributed by atoms with Crippen LogP contribution >= 0.6 is 0 Å². The molecule has 6 heteroatoms. The minimum Gasteiger partial charge on any atom is -0.322 e. The summed E-state index contributed by atoms with van der Waals surface area (Å²) in [5.41, 5.74) is 2.71. The van der Waals surface area contributed by atoms with Gasteiger partial charge in [-0.05, 0) is 20.9 Å². The lowest BCUT2D eigenvalue weighted by molar-refractivity contribution is -0.117. The van der Waals surface area contributed by atoms with Crippen LogP contribution in [-0.4, -0.2) is 65.3 Å². The average molecular weight is 265 g/mol. The molecule has 2 rings (SSSR count). The molecule has 1 aromatic rings. The fraction of sp³-hybridized carbons (Fsp3) is 0.692. The van der Waals surface area contributed by atoms with Gasteiger partial charge in [0, 0.05) is 33.2 Å². The number of aryl methyl sites for hydroxylation is 2. The number of amides is 1. The van der Waals surface area contributed by atoms with Gasteiger partial charge in [-0.15, -0.1) is 0 Å². The van der Waals surface area contributed by atoms with E-state index in [-0.39, 0.29) is 5.91 Å². The first-order valence-electron chi connectivity index (χ1n) is 6.68. The van der Waals surface area contributed by atoms with E-state index in [1.54, 1.807) is 4.68 Å². The Kier molecular flexibility index (Phi) is 4.21. The first-order chi connectivity index (χ1) is 8.97. The number of carbonyl (C=O) groups is 1. The third kappa shape index (κ3) is 3.33. The molecular weight excluding hydrogens is 242 g/mol. The second-order valence-corrected chi connectivity index (χ2v) is 5.30. The zero-order valence-electron chi connectivity index (χ0n) is 12.2. The van der Waals surface area contributed by atoms with Crippen molar-refractivity contribution in [3.63, 3.8) is 0 Å². The SMILES string of the molecule is Cc1nn(C)c(C)c1NC(=O)CN1CCN(C)CC1. The van der Waals surface area contributed by atoms with Gasteiger partial charge in [-0.25, -0.2) is 0 Å². The highest BCUT2D eigenvalue weighted by molar-refractivity contribution is 5.93. The number of hydrogen-bond donors (Lipinski definition) is 1. The van der Waals surface area contributed by atoms with Crippen LogP contribution in [0.15, 0.2) is 0 Å². The highest BCUT2D eigenvalue weighted by Gasteiger charge is 2.18. The van der Waals surface area contributed by atoms with Crippen molar-refractivity contribution in [2.45, 2.75) is 13.8 Å². The third-order valence-electron chi connectivity index (χ3n) is 3.74. The molecule has 1 aromatic heterocycles. The molecule has 1 amide bonds. The Hall–Kier alpha value is -1.40. The Morgan fingerprint density at radius 1 is 1.21 bits per heavy atom. The highest BCUT2D eigenvalue weighted by Crippen LogP contribution is 2.18. The van der Waals surface area contributed by atoms with Crippen LogP contribution in [0.2, 0.25) is 0 Å². The Bertz CT molecular complexity index is 460. The lowest BCUT2D eigenvalue weighted by Gasteiger charge is -2.31. The molecule has 1 fully saturated rings. The van der Waals surface area contributed by atoms with E-state index in [4.69, 9.17) is 0 Å². The molecule has 6 nitrogen and oxygen atoms in total. The normalized spacial score (nSPS) is 17.7. The number of likely N-dealkylation sites (N-methyl/N-ethyl adjacent to an activating group) is 1. The van der Waals surface area contributed by atoms with Gasteiger partial charge in [0.25, 0.3) is 0 Å². The lowest BCUT2D eigenvalue weighted by atomic mass is 10.3. The number of rotatable bonds is 3. The molecule has 0 aliphatic carbocycles. The maximum Gasteiger partial charge on any atom is 0.238 e. The van der Waals surface area contributed by atoms with E-state index in [1.807, 2.05) is 20.9 Å². The molecule has 0 radical (unpaired) electrons. The first kappa shape index (κ1) is 14.0. The summed E-state index contributed by atoms with van der Waals surface area (Å²) in [6.45, 7) is 8.30. The molecule has 2 heterocycles. The maximum atomic E-state index is 12.1. The van der Waals surface area contributed by atoms with Crippen molar-refractivity contribution in [1.82, 2.24) is 19.6 Å². The van der Waals surface area contributed by atoms with E-state index in [2.05, 4.69) is 27.3 Å². The lowest BCUT2D eigenvalue weighted by Crippen LogP contribution is -2.47. The van der Waals surface area contributed by atoms with Gasteiger partial charge in [0.05, 0.1) is 23.6 Å². The van der Waals surface area contributed by atoms with Gasteiger partial charge in [-0.2, -0.15) is 5.10 Å². The topological polar surface area (TPSA) is 53.4 Å². The second-order valence-electron chi connectivity index (χ2n) is 5.30.